The van der Waals surface area contributed by atoms with Crippen LogP contribution in [0.2, 0.25) is 0 Å². The van der Waals surface area contributed by atoms with Crippen LogP contribution >= 0.6 is 11.8 Å². The SMILES string of the molecule is CSCC[C@@H](NC(=O)c1c(C2CC2)n[nH]c1C)C(=O)O. The molecule has 1 aliphatic carbocycles. The summed E-state index contributed by atoms with van der Waals surface area (Å²) in [7, 11) is 0. The van der Waals surface area contributed by atoms with Gasteiger partial charge in [-0.1, -0.05) is 0 Å². The minimum atomic E-state index is -0.999. The van der Waals surface area contributed by atoms with Crippen LogP contribution in [-0.2, 0) is 4.79 Å². The first-order chi connectivity index (χ1) is 9.54. The number of nitrogens with one attached hydrogen (secondary N) is 2. The van der Waals surface area contributed by atoms with Crippen LogP contribution < -0.4 is 5.32 Å². The van der Waals surface area contributed by atoms with E-state index < -0.39 is 12.0 Å². The van der Waals surface area contributed by atoms with E-state index in [0.29, 0.717) is 29.3 Å². The van der Waals surface area contributed by atoms with E-state index in [0.717, 1.165) is 18.5 Å². The van der Waals surface area contributed by atoms with Crippen LogP contribution in [0.4, 0.5) is 0 Å². The molecule has 0 bridgehead atoms. The molecule has 7 heteroatoms. The zero-order valence-corrected chi connectivity index (χ0v) is 12.4. The van der Waals surface area contributed by atoms with E-state index in [1.165, 1.54) is 0 Å². The predicted molar refractivity (Wildman–Crippen MR) is 77.2 cm³/mol. The average Bonchev–Trinajstić information content (AvgIpc) is 3.17. The monoisotopic (exact) mass is 297 g/mol. The summed E-state index contributed by atoms with van der Waals surface area (Å²) in [6.07, 6.45) is 4.41. The first kappa shape index (κ1) is 14.9. The van der Waals surface area contributed by atoms with Gasteiger partial charge in [-0.15, -0.1) is 0 Å². The van der Waals surface area contributed by atoms with E-state index in [4.69, 9.17) is 5.11 Å². The van der Waals surface area contributed by atoms with Gasteiger partial charge in [-0.05, 0) is 38.2 Å². The molecular weight excluding hydrogens is 278 g/mol. The fourth-order valence-electron chi connectivity index (χ4n) is 2.11. The molecule has 1 aromatic heterocycles. The molecule has 20 heavy (non-hydrogen) atoms. The Morgan fingerprint density at radius 3 is 2.80 bits per heavy atom. The Bertz CT molecular complexity index is 511. The molecule has 0 aliphatic heterocycles. The van der Waals surface area contributed by atoms with Crippen molar-refractivity contribution < 1.29 is 14.7 Å². The number of hydrogen-bond acceptors (Lipinski definition) is 4. The van der Waals surface area contributed by atoms with Gasteiger partial charge >= 0.3 is 5.97 Å². The standard InChI is InChI=1S/C13H19N3O3S/c1-7-10(11(16-15-7)8-3-4-8)12(17)14-9(13(18)19)5-6-20-2/h8-9H,3-6H2,1-2H3,(H,14,17)(H,15,16)(H,18,19)/t9-/m1/s1. The van der Waals surface area contributed by atoms with Gasteiger partial charge in [-0.3, -0.25) is 9.89 Å². The second-order valence-corrected chi connectivity index (χ2v) is 6.01. The number of nitrogens with zero attached hydrogens (tertiary/aromatic N) is 1. The molecule has 0 radical (unpaired) electrons. The van der Waals surface area contributed by atoms with Crippen molar-refractivity contribution in [2.45, 2.75) is 38.1 Å². The van der Waals surface area contributed by atoms with Gasteiger partial charge in [0.15, 0.2) is 0 Å². The number of carbonyl (C=O) groups is 2. The van der Waals surface area contributed by atoms with Crippen molar-refractivity contribution in [3.63, 3.8) is 0 Å². The fourth-order valence-corrected chi connectivity index (χ4v) is 2.58. The Labute approximate surface area is 121 Å². The second-order valence-electron chi connectivity index (χ2n) is 5.03. The molecule has 1 fully saturated rings. The number of carbonyl (C=O) groups excluding carboxylic acids is 1. The molecule has 1 aromatic rings. The van der Waals surface area contributed by atoms with Crippen molar-refractivity contribution in [2.24, 2.45) is 0 Å². The van der Waals surface area contributed by atoms with E-state index in [2.05, 4.69) is 15.5 Å². The fraction of sp³-hybridized carbons (Fsp3) is 0.615. The Balaban J connectivity index is 2.10. The van der Waals surface area contributed by atoms with Crippen LogP contribution in [0.15, 0.2) is 0 Å². The number of aliphatic carboxylic acids is 1. The summed E-state index contributed by atoms with van der Waals surface area (Å²) in [5, 5.41) is 18.8. The maximum atomic E-state index is 12.3. The Morgan fingerprint density at radius 1 is 1.55 bits per heavy atom. The lowest BCUT2D eigenvalue weighted by Crippen LogP contribution is -2.41. The summed E-state index contributed by atoms with van der Waals surface area (Å²) in [4.78, 5) is 23.5. The van der Waals surface area contributed by atoms with Crippen molar-refractivity contribution >= 4 is 23.6 Å². The van der Waals surface area contributed by atoms with Crippen LogP contribution in [0.1, 0.15) is 46.9 Å². The molecule has 6 nitrogen and oxygen atoms in total. The van der Waals surface area contributed by atoms with Gasteiger partial charge in [-0.2, -0.15) is 16.9 Å². The van der Waals surface area contributed by atoms with Gasteiger partial charge in [0.05, 0.1) is 11.3 Å². The molecule has 1 heterocycles. The van der Waals surface area contributed by atoms with Gasteiger partial charge in [0.25, 0.3) is 5.91 Å². The predicted octanol–water partition coefficient (Wildman–Crippen LogP) is 1.53. The number of aryl methyl sites for hydroxylation is 1. The summed E-state index contributed by atoms with van der Waals surface area (Å²) in [5.41, 5.74) is 1.98. The summed E-state index contributed by atoms with van der Waals surface area (Å²) < 4.78 is 0. The minimum Gasteiger partial charge on any atom is -0.480 e. The van der Waals surface area contributed by atoms with Crippen LogP contribution in [0.5, 0.6) is 0 Å². The largest absolute Gasteiger partial charge is 0.480 e. The van der Waals surface area contributed by atoms with E-state index in [9.17, 15) is 9.59 Å². The zero-order chi connectivity index (χ0) is 14.7. The maximum Gasteiger partial charge on any atom is 0.326 e. The molecule has 110 valence electrons. The minimum absolute atomic E-state index is 0.341. The van der Waals surface area contributed by atoms with Crippen molar-refractivity contribution in [1.82, 2.24) is 15.5 Å². The lowest BCUT2D eigenvalue weighted by Gasteiger charge is -2.14. The number of aromatic nitrogens is 2. The van der Waals surface area contributed by atoms with Crippen LogP contribution in [0, 0.1) is 6.92 Å². The van der Waals surface area contributed by atoms with Crippen LogP contribution in [0.3, 0.4) is 0 Å². The number of thioether (sulfide) groups is 1. The molecule has 2 rings (SSSR count). The van der Waals surface area contributed by atoms with Crippen molar-refractivity contribution in [2.75, 3.05) is 12.0 Å². The zero-order valence-electron chi connectivity index (χ0n) is 11.6. The number of hydrogen-bond donors (Lipinski definition) is 3. The number of carboxylic acids is 1. The first-order valence-electron chi connectivity index (χ1n) is 6.62. The summed E-state index contributed by atoms with van der Waals surface area (Å²) >= 11 is 1.56. The van der Waals surface area contributed by atoms with E-state index in [-0.39, 0.29) is 5.91 Å². The second kappa shape index (κ2) is 6.30. The highest BCUT2D eigenvalue weighted by molar-refractivity contribution is 7.98. The summed E-state index contributed by atoms with van der Waals surface area (Å²) in [6, 6.07) is -0.851. The maximum absolute atomic E-state index is 12.3. The van der Waals surface area contributed by atoms with Crippen molar-refractivity contribution in [3.8, 4) is 0 Å². The smallest absolute Gasteiger partial charge is 0.326 e. The Hall–Kier alpha value is -1.50. The van der Waals surface area contributed by atoms with Crippen molar-refractivity contribution in [1.29, 1.82) is 0 Å². The lowest BCUT2D eigenvalue weighted by molar-refractivity contribution is -0.139. The molecule has 1 saturated carbocycles. The van der Waals surface area contributed by atoms with Crippen LogP contribution in [0.25, 0.3) is 0 Å². The van der Waals surface area contributed by atoms with E-state index in [1.54, 1.807) is 18.7 Å². The van der Waals surface area contributed by atoms with Gasteiger partial charge in [0.1, 0.15) is 6.04 Å². The van der Waals surface area contributed by atoms with Crippen LogP contribution in [-0.4, -0.2) is 45.2 Å². The molecule has 0 spiro atoms. The summed E-state index contributed by atoms with van der Waals surface area (Å²) in [5.74, 6) is -0.305. The summed E-state index contributed by atoms with van der Waals surface area (Å²) in [6.45, 7) is 1.78. The van der Waals surface area contributed by atoms with Gasteiger partial charge in [-0.25, -0.2) is 4.79 Å². The molecule has 0 unspecified atom stereocenters. The third-order valence-electron chi connectivity index (χ3n) is 3.38. The Morgan fingerprint density at radius 2 is 2.25 bits per heavy atom. The topological polar surface area (TPSA) is 95.1 Å². The Kier molecular flexibility index (Phi) is 4.69. The molecule has 1 amide bonds. The van der Waals surface area contributed by atoms with E-state index in [1.807, 2.05) is 6.26 Å². The number of amides is 1. The highest BCUT2D eigenvalue weighted by atomic mass is 32.2. The average molecular weight is 297 g/mol. The van der Waals surface area contributed by atoms with Gasteiger partial charge in [0.2, 0.25) is 0 Å². The van der Waals surface area contributed by atoms with Gasteiger partial charge < -0.3 is 10.4 Å². The molecule has 3 N–H and O–H groups in total. The molecule has 1 atom stereocenters. The third-order valence-corrected chi connectivity index (χ3v) is 4.02. The van der Waals surface area contributed by atoms with Crippen molar-refractivity contribution in [3.05, 3.63) is 17.0 Å². The number of carboxylic acid groups (broad SMARTS) is 1. The van der Waals surface area contributed by atoms with E-state index >= 15 is 0 Å². The molecule has 0 saturated heterocycles. The molecule has 1 aliphatic rings. The molecule has 0 aromatic carbocycles. The normalized spacial score (nSPS) is 15.9. The molecular formula is C13H19N3O3S. The number of aromatic amines is 1. The first-order valence-corrected chi connectivity index (χ1v) is 8.01. The number of rotatable bonds is 7. The van der Waals surface area contributed by atoms with Gasteiger partial charge in [0, 0.05) is 11.6 Å². The number of H-pyrrole nitrogens is 1. The lowest BCUT2D eigenvalue weighted by atomic mass is 10.1. The third kappa shape index (κ3) is 3.33. The highest BCUT2D eigenvalue weighted by Gasteiger charge is 2.33. The quantitative estimate of drug-likeness (QED) is 0.709. The highest BCUT2D eigenvalue weighted by Crippen LogP contribution is 2.41.